The van der Waals surface area contributed by atoms with Crippen molar-refractivity contribution in [3.63, 3.8) is 0 Å². The molecular formula is C20H14ClF2N3O3. The van der Waals surface area contributed by atoms with Gasteiger partial charge in [-0.15, -0.1) is 0 Å². The Bertz CT molecular complexity index is 1070. The van der Waals surface area contributed by atoms with Gasteiger partial charge in [0.25, 0.3) is 5.91 Å². The standard InChI is InChI=1S/C20H14ClF2N3O3/c21-11-5-16(26-19(6-11)24-15-8-12(22)7-13(23)9-15)20(27)25-14-1-2-17-18(10-14)29-4-3-28-17/h1-2,5-10H,3-4H2,(H,24,26)(H,25,27). The number of hydrogen-bond donors (Lipinski definition) is 2. The Hall–Kier alpha value is -3.39. The van der Waals surface area contributed by atoms with E-state index in [1.54, 1.807) is 18.2 Å². The van der Waals surface area contributed by atoms with Crippen molar-refractivity contribution in [3.8, 4) is 11.5 Å². The SMILES string of the molecule is O=C(Nc1ccc2c(c1)OCCO2)c1cc(Cl)cc(Nc2cc(F)cc(F)c2)n1. The van der Waals surface area contributed by atoms with Crippen molar-refractivity contribution in [1.82, 2.24) is 4.98 Å². The monoisotopic (exact) mass is 417 g/mol. The molecule has 1 amide bonds. The molecule has 2 heterocycles. The van der Waals surface area contributed by atoms with E-state index in [1.807, 2.05) is 0 Å². The molecule has 4 rings (SSSR count). The Morgan fingerprint density at radius 2 is 1.66 bits per heavy atom. The highest BCUT2D eigenvalue weighted by Crippen LogP contribution is 2.32. The maximum atomic E-state index is 13.4. The van der Waals surface area contributed by atoms with Gasteiger partial charge >= 0.3 is 0 Å². The number of fused-ring (bicyclic) bond motifs is 1. The van der Waals surface area contributed by atoms with E-state index in [-0.39, 0.29) is 22.2 Å². The molecular weight excluding hydrogens is 404 g/mol. The molecule has 0 bridgehead atoms. The van der Waals surface area contributed by atoms with E-state index in [0.717, 1.165) is 18.2 Å². The lowest BCUT2D eigenvalue weighted by molar-refractivity contribution is 0.102. The Balaban J connectivity index is 1.54. The normalized spacial score (nSPS) is 12.4. The topological polar surface area (TPSA) is 72.5 Å². The molecule has 3 aromatic rings. The Morgan fingerprint density at radius 1 is 0.931 bits per heavy atom. The zero-order valence-corrected chi connectivity index (χ0v) is 15.6. The summed E-state index contributed by atoms with van der Waals surface area (Å²) in [6.07, 6.45) is 0. The highest BCUT2D eigenvalue weighted by molar-refractivity contribution is 6.31. The molecule has 1 aromatic heterocycles. The number of nitrogens with one attached hydrogen (secondary N) is 2. The quantitative estimate of drug-likeness (QED) is 0.639. The summed E-state index contributed by atoms with van der Waals surface area (Å²) in [5.74, 6) is -0.711. The first kappa shape index (κ1) is 18.9. The number of aromatic nitrogens is 1. The number of benzene rings is 2. The van der Waals surface area contributed by atoms with Gasteiger partial charge in [-0.2, -0.15) is 0 Å². The molecule has 1 aliphatic rings. The Labute approximate surface area is 169 Å². The van der Waals surface area contributed by atoms with E-state index in [1.165, 1.54) is 12.1 Å². The van der Waals surface area contributed by atoms with Crippen molar-refractivity contribution in [1.29, 1.82) is 0 Å². The third-order valence-corrected chi connectivity index (χ3v) is 4.18. The van der Waals surface area contributed by atoms with Gasteiger partial charge in [0.1, 0.15) is 36.4 Å². The molecule has 9 heteroatoms. The second-order valence-electron chi connectivity index (χ2n) is 6.15. The molecule has 0 fully saturated rings. The summed E-state index contributed by atoms with van der Waals surface area (Å²) in [5, 5.41) is 5.66. The lowest BCUT2D eigenvalue weighted by Gasteiger charge is -2.19. The number of ether oxygens (including phenoxy) is 2. The molecule has 0 unspecified atom stereocenters. The molecule has 0 radical (unpaired) electrons. The minimum absolute atomic E-state index is 0.0202. The van der Waals surface area contributed by atoms with Crippen LogP contribution in [0.15, 0.2) is 48.5 Å². The minimum Gasteiger partial charge on any atom is -0.486 e. The van der Waals surface area contributed by atoms with Crippen LogP contribution in [0.1, 0.15) is 10.5 Å². The number of amides is 1. The molecule has 0 spiro atoms. The third-order valence-electron chi connectivity index (χ3n) is 3.96. The van der Waals surface area contributed by atoms with Gasteiger partial charge in [0, 0.05) is 28.5 Å². The number of rotatable bonds is 4. The number of nitrogens with zero attached hydrogens (tertiary/aromatic N) is 1. The molecule has 2 N–H and O–H groups in total. The average molecular weight is 418 g/mol. The van der Waals surface area contributed by atoms with Crippen LogP contribution in [0, 0.1) is 11.6 Å². The van der Waals surface area contributed by atoms with Gasteiger partial charge < -0.3 is 20.1 Å². The summed E-state index contributed by atoms with van der Waals surface area (Å²) in [4.78, 5) is 16.8. The van der Waals surface area contributed by atoms with Crippen LogP contribution in [0.2, 0.25) is 5.02 Å². The van der Waals surface area contributed by atoms with Crippen LogP contribution in [0.5, 0.6) is 11.5 Å². The molecule has 0 saturated heterocycles. The number of hydrogen-bond acceptors (Lipinski definition) is 5. The van der Waals surface area contributed by atoms with E-state index < -0.39 is 17.5 Å². The first-order chi connectivity index (χ1) is 14.0. The second-order valence-corrected chi connectivity index (χ2v) is 6.59. The third kappa shape index (κ3) is 4.55. The Kier molecular flexibility index (Phi) is 5.18. The highest BCUT2D eigenvalue weighted by atomic mass is 35.5. The summed E-state index contributed by atoms with van der Waals surface area (Å²) < 4.78 is 37.7. The van der Waals surface area contributed by atoms with Crippen LogP contribution in [-0.2, 0) is 0 Å². The zero-order valence-electron chi connectivity index (χ0n) is 14.8. The van der Waals surface area contributed by atoms with E-state index >= 15 is 0 Å². The fourth-order valence-electron chi connectivity index (χ4n) is 2.77. The fourth-order valence-corrected chi connectivity index (χ4v) is 2.97. The van der Waals surface area contributed by atoms with Gasteiger partial charge in [-0.3, -0.25) is 4.79 Å². The molecule has 0 atom stereocenters. The van der Waals surface area contributed by atoms with Gasteiger partial charge in [0.2, 0.25) is 0 Å². The van der Waals surface area contributed by atoms with E-state index in [9.17, 15) is 13.6 Å². The van der Waals surface area contributed by atoms with Gasteiger partial charge in [-0.25, -0.2) is 13.8 Å². The first-order valence-corrected chi connectivity index (χ1v) is 8.96. The second kappa shape index (κ2) is 7.92. The van der Waals surface area contributed by atoms with E-state index in [4.69, 9.17) is 21.1 Å². The number of carbonyl (C=O) groups excluding carboxylic acids is 1. The van der Waals surface area contributed by atoms with Crippen LogP contribution in [0.4, 0.5) is 26.0 Å². The largest absolute Gasteiger partial charge is 0.486 e. The summed E-state index contributed by atoms with van der Waals surface area (Å²) in [6.45, 7) is 0.895. The van der Waals surface area contributed by atoms with Crippen LogP contribution in [0.25, 0.3) is 0 Å². The van der Waals surface area contributed by atoms with Gasteiger partial charge in [-0.05, 0) is 36.4 Å². The van der Waals surface area contributed by atoms with Crippen molar-refractivity contribution >= 4 is 34.7 Å². The number of halogens is 3. The highest BCUT2D eigenvalue weighted by Gasteiger charge is 2.15. The first-order valence-electron chi connectivity index (χ1n) is 8.58. The number of pyridine rings is 1. The molecule has 148 valence electrons. The van der Waals surface area contributed by atoms with Crippen molar-refractivity contribution in [2.24, 2.45) is 0 Å². The summed E-state index contributed by atoms with van der Waals surface area (Å²) in [5.41, 5.74) is 0.643. The summed E-state index contributed by atoms with van der Waals surface area (Å²) >= 11 is 6.08. The van der Waals surface area contributed by atoms with E-state index in [2.05, 4.69) is 15.6 Å². The van der Waals surface area contributed by atoms with Gasteiger partial charge in [0.05, 0.1) is 0 Å². The van der Waals surface area contributed by atoms with Gasteiger partial charge in [0.15, 0.2) is 11.5 Å². The zero-order chi connectivity index (χ0) is 20.4. The van der Waals surface area contributed by atoms with Crippen LogP contribution >= 0.6 is 11.6 Å². The van der Waals surface area contributed by atoms with Crippen molar-refractivity contribution in [2.75, 3.05) is 23.8 Å². The van der Waals surface area contributed by atoms with E-state index in [0.29, 0.717) is 30.4 Å². The smallest absolute Gasteiger partial charge is 0.274 e. The van der Waals surface area contributed by atoms with Gasteiger partial charge in [-0.1, -0.05) is 11.6 Å². The van der Waals surface area contributed by atoms with Crippen LogP contribution in [-0.4, -0.2) is 24.1 Å². The maximum absolute atomic E-state index is 13.4. The lowest BCUT2D eigenvalue weighted by Crippen LogP contribution is -2.17. The average Bonchev–Trinajstić information content (AvgIpc) is 2.66. The Morgan fingerprint density at radius 3 is 2.41 bits per heavy atom. The minimum atomic E-state index is -0.744. The molecule has 0 saturated carbocycles. The summed E-state index contributed by atoms with van der Waals surface area (Å²) in [7, 11) is 0. The number of anilines is 3. The van der Waals surface area contributed by atoms with Crippen LogP contribution < -0.4 is 20.1 Å². The molecule has 2 aromatic carbocycles. The predicted octanol–water partition coefficient (Wildman–Crippen LogP) is 4.78. The molecule has 1 aliphatic heterocycles. The lowest BCUT2D eigenvalue weighted by atomic mass is 10.2. The van der Waals surface area contributed by atoms with Crippen molar-refractivity contribution < 1.29 is 23.0 Å². The fraction of sp³-hybridized carbons (Fsp3) is 0.100. The molecule has 0 aliphatic carbocycles. The molecule has 29 heavy (non-hydrogen) atoms. The predicted molar refractivity (Wildman–Crippen MR) is 104 cm³/mol. The summed E-state index contributed by atoms with van der Waals surface area (Å²) in [6, 6.07) is 10.8. The van der Waals surface area contributed by atoms with Crippen molar-refractivity contribution in [2.45, 2.75) is 0 Å². The van der Waals surface area contributed by atoms with Crippen molar-refractivity contribution in [3.05, 3.63) is 70.9 Å². The van der Waals surface area contributed by atoms with Crippen LogP contribution in [0.3, 0.4) is 0 Å². The molecule has 6 nitrogen and oxygen atoms in total. The maximum Gasteiger partial charge on any atom is 0.274 e. The number of carbonyl (C=O) groups is 1.